The molecule has 10 heteroatoms. The fraction of sp³-hybridized carbons (Fsp3) is 0.435. The van der Waals surface area contributed by atoms with Gasteiger partial charge in [-0.15, -0.1) is 5.10 Å². The Morgan fingerprint density at radius 1 is 1.24 bits per heavy atom. The lowest BCUT2D eigenvalue weighted by Crippen LogP contribution is -2.67. The molecule has 2 heterocycles. The van der Waals surface area contributed by atoms with Crippen LogP contribution in [0.4, 0.5) is 15.8 Å². The number of anilines is 2. The van der Waals surface area contributed by atoms with Crippen LogP contribution < -0.4 is 10.6 Å². The van der Waals surface area contributed by atoms with Crippen molar-refractivity contribution in [2.75, 3.05) is 31.5 Å². The summed E-state index contributed by atoms with van der Waals surface area (Å²) < 4.78 is 16.9. The number of hydrogen-bond donors (Lipinski definition) is 3. The number of rotatable bonds is 9. The molecule has 0 saturated carbocycles. The van der Waals surface area contributed by atoms with Gasteiger partial charge in [-0.05, 0) is 65.9 Å². The van der Waals surface area contributed by atoms with E-state index >= 15 is 0 Å². The van der Waals surface area contributed by atoms with E-state index in [1.165, 1.54) is 6.07 Å². The number of aryl methyl sites for hydroxylation is 1. The maximum Gasteiger partial charge on any atom is 0.256 e. The molecule has 1 fully saturated rings. The minimum Gasteiger partial charge on any atom is -0.385 e. The number of nitrogens with one attached hydrogen (secondary N) is 2. The van der Waals surface area contributed by atoms with Gasteiger partial charge in [0.1, 0.15) is 16.9 Å². The van der Waals surface area contributed by atoms with E-state index in [2.05, 4.69) is 27.9 Å². The average Bonchev–Trinajstić information content (AvgIpc) is 3.12. The number of likely N-dealkylation sites (tertiary alicyclic amines) is 1. The zero-order valence-corrected chi connectivity index (χ0v) is 20.9. The maximum atomic E-state index is 14.5. The summed E-state index contributed by atoms with van der Waals surface area (Å²) >= 11 is 2.05. The number of nitrogens with zero attached hydrogens (tertiary/aromatic N) is 4. The zero-order chi connectivity index (χ0) is 23.6. The number of hydrogen-bond acceptors (Lipinski definition) is 6. The minimum absolute atomic E-state index is 0.234. The van der Waals surface area contributed by atoms with E-state index in [-0.39, 0.29) is 24.7 Å². The van der Waals surface area contributed by atoms with Crippen LogP contribution in [0.3, 0.4) is 0 Å². The molecule has 8 nitrogen and oxygen atoms in total. The number of aliphatic hydroxyl groups is 1. The maximum absolute atomic E-state index is 14.5. The van der Waals surface area contributed by atoms with Gasteiger partial charge in [-0.25, -0.2) is 9.07 Å². The second-order valence-corrected chi connectivity index (χ2v) is 9.86. The molecular weight excluding hydrogens is 538 g/mol. The lowest BCUT2D eigenvalue weighted by atomic mass is 9.92. The van der Waals surface area contributed by atoms with Gasteiger partial charge in [0.2, 0.25) is 0 Å². The van der Waals surface area contributed by atoms with Gasteiger partial charge >= 0.3 is 0 Å². The van der Waals surface area contributed by atoms with Crippen LogP contribution in [0.15, 0.2) is 30.3 Å². The third-order valence-electron chi connectivity index (χ3n) is 5.85. The smallest absolute Gasteiger partial charge is 0.256 e. The van der Waals surface area contributed by atoms with Crippen molar-refractivity contribution < 1.29 is 14.3 Å². The van der Waals surface area contributed by atoms with Crippen LogP contribution in [0.5, 0.6) is 0 Å². The number of carbonyl (C=O) groups excluding carboxylic acids is 1. The lowest BCUT2D eigenvalue weighted by molar-refractivity contribution is -0.0784. The van der Waals surface area contributed by atoms with Gasteiger partial charge in [0.25, 0.3) is 5.91 Å². The summed E-state index contributed by atoms with van der Waals surface area (Å²) in [5.74, 6) is -0.644. The first-order valence-electron chi connectivity index (χ1n) is 11.1. The quantitative estimate of drug-likeness (QED) is 0.272. The molecule has 4 rings (SSSR count). The Hall–Kier alpha value is -2.31. The van der Waals surface area contributed by atoms with Crippen LogP contribution in [0, 0.1) is 9.39 Å². The number of amides is 1. The van der Waals surface area contributed by atoms with Crippen LogP contribution in [0.1, 0.15) is 36.5 Å². The fourth-order valence-corrected chi connectivity index (χ4v) is 4.46. The van der Waals surface area contributed by atoms with Gasteiger partial charge in [-0.1, -0.05) is 25.0 Å². The normalized spacial score (nSPS) is 15.0. The number of halogens is 2. The van der Waals surface area contributed by atoms with Gasteiger partial charge in [-0.3, -0.25) is 4.79 Å². The molecule has 33 heavy (non-hydrogen) atoms. The Kier molecular flexibility index (Phi) is 7.15. The summed E-state index contributed by atoms with van der Waals surface area (Å²) in [5.41, 5.74) is 1.45. The first-order chi connectivity index (χ1) is 15.8. The first kappa shape index (κ1) is 23.8. The first-order valence-corrected chi connectivity index (χ1v) is 12.2. The van der Waals surface area contributed by atoms with Crippen molar-refractivity contribution >= 4 is 50.9 Å². The van der Waals surface area contributed by atoms with E-state index in [1.807, 2.05) is 22.6 Å². The van der Waals surface area contributed by atoms with Crippen LogP contribution in [-0.2, 0) is 7.05 Å². The molecule has 0 unspecified atom stereocenters. The number of unbranched alkanes of at least 4 members (excludes halogenated alkanes) is 2. The lowest BCUT2D eigenvalue weighted by Gasteiger charge is -2.46. The van der Waals surface area contributed by atoms with Crippen LogP contribution in [-0.4, -0.2) is 62.7 Å². The second-order valence-electron chi connectivity index (χ2n) is 8.62. The Morgan fingerprint density at radius 3 is 2.76 bits per heavy atom. The largest absolute Gasteiger partial charge is 0.385 e. The summed E-state index contributed by atoms with van der Waals surface area (Å²) in [6, 6.07) is 8.27. The van der Waals surface area contributed by atoms with Crippen LogP contribution in [0.2, 0.25) is 0 Å². The predicted octanol–water partition coefficient (Wildman–Crippen LogP) is 3.42. The summed E-state index contributed by atoms with van der Waals surface area (Å²) in [5, 5.41) is 25.2. The minimum atomic E-state index is -0.935. The molecule has 1 aromatic heterocycles. The molecule has 3 aromatic rings. The highest BCUT2D eigenvalue weighted by Gasteiger charge is 2.44. The highest BCUT2D eigenvalue weighted by atomic mass is 127. The van der Waals surface area contributed by atoms with Crippen molar-refractivity contribution in [1.82, 2.24) is 25.2 Å². The molecule has 0 aliphatic carbocycles. The molecule has 176 valence electrons. The monoisotopic (exact) mass is 566 g/mol. The fourth-order valence-electron chi connectivity index (χ4n) is 4.01. The van der Waals surface area contributed by atoms with Gasteiger partial charge in [0.15, 0.2) is 0 Å². The average molecular weight is 566 g/mol. The molecule has 1 saturated heterocycles. The molecule has 2 aromatic carbocycles. The van der Waals surface area contributed by atoms with E-state index < -0.39 is 11.4 Å². The third kappa shape index (κ3) is 5.28. The molecule has 0 bridgehead atoms. The third-order valence-corrected chi connectivity index (χ3v) is 6.52. The summed E-state index contributed by atoms with van der Waals surface area (Å²) in [6.07, 6.45) is 3.36. The molecular formula is C23H28FIN6O2. The Labute approximate surface area is 205 Å². The van der Waals surface area contributed by atoms with E-state index in [0.717, 1.165) is 29.4 Å². The molecule has 1 amide bonds. The SMILES string of the molecule is CCCCCNCC1(O)CN(C(=O)c2cc3c(cc2Nc2ccc(I)cc2F)nnn3C)C1. The van der Waals surface area contributed by atoms with E-state index in [4.69, 9.17) is 0 Å². The Bertz CT molecular complexity index is 1160. The molecule has 1 aliphatic rings. The molecule has 1 aliphatic heterocycles. The van der Waals surface area contributed by atoms with E-state index in [0.29, 0.717) is 28.8 Å². The summed E-state index contributed by atoms with van der Waals surface area (Å²) in [7, 11) is 1.75. The topological polar surface area (TPSA) is 95.3 Å². The van der Waals surface area contributed by atoms with Crippen molar-refractivity contribution in [3.05, 3.63) is 45.3 Å². The number of benzene rings is 2. The molecule has 0 atom stereocenters. The Balaban J connectivity index is 1.53. The zero-order valence-electron chi connectivity index (χ0n) is 18.7. The summed E-state index contributed by atoms with van der Waals surface area (Å²) in [4.78, 5) is 15.0. The van der Waals surface area contributed by atoms with Crippen molar-refractivity contribution in [2.45, 2.75) is 31.8 Å². The number of β-amino-alcohol motifs (C(OH)–C–C–N with tert-alkyl or cyclic N) is 1. The van der Waals surface area contributed by atoms with Crippen molar-refractivity contribution in [3.63, 3.8) is 0 Å². The Morgan fingerprint density at radius 2 is 2.03 bits per heavy atom. The van der Waals surface area contributed by atoms with Gasteiger partial charge in [-0.2, -0.15) is 0 Å². The van der Waals surface area contributed by atoms with Gasteiger partial charge in [0, 0.05) is 17.2 Å². The van der Waals surface area contributed by atoms with E-state index in [1.54, 1.807) is 40.9 Å². The second kappa shape index (κ2) is 9.90. The van der Waals surface area contributed by atoms with Gasteiger partial charge < -0.3 is 20.6 Å². The van der Waals surface area contributed by atoms with Crippen molar-refractivity contribution in [2.24, 2.45) is 7.05 Å². The van der Waals surface area contributed by atoms with Crippen molar-refractivity contribution in [3.8, 4) is 0 Å². The highest BCUT2D eigenvalue weighted by molar-refractivity contribution is 14.1. The van der Waals surface area contributed by atoms with Gasteiger partial charge in [0.05, 0.1) is 35.5 Å². The molecule has 3 N–H and O–H groups in total. The molecule has 0 radical (unpaired) electrons. The van der Waals surface area contributed by atoms with Crippen LogP contribution in [0.25, 0.3) is 11.0 Å². The number of carbonyl (C=O) groups is 1. The standard InChI is InChI=1S/C23H28FIN6O2/c1-3-4-5-8-26-12-23(33)13-31(14-23)22(32)16-10-21-20(28-29-30(21)2)11-19(16)27-18-7-6-15(25)9-17(18)24/h6-7,9-11,26-27,33H,3-5,8,12-14H2,1-2H3. The predicted molar refractivity (Wildman–Crippen MR) is 134 cm³/mol. The van der Waals surface area contributed by atoms with Crippen molar-refractivity contribution in [1.29, 1.82) is 0 Å². The van der Waals surface area contributed by atoms with E-state index in [9.17, 15) is 14.3 Å². The summed E-state index contributed by atoms with van der Waals surface area (Å²) in [6.45, 7) is 3.93. The number of fused-ring (bicyclic) bond motifs is 1. The highest BCUT2D eigenvalue weighted by Crippen LogP contribution is 2.31. The number of aromatic nitrogens is 3. The molecule has 0 spiro atoms. The van der Waals surface area contributed by atoms with Crippen LogP contribution >= 0.6 is 22.6 Å².